The third-order valence-corrected chi connectivity index (χ3v) is 9.00. The average Bonchev–Trinajstić information content (AvgIpc) is 3.72. The van der Waals surface area contributed by atoms with E-state index in [1.165, 1.54) is 24.1 Å². The summed E-state index contributed by atoms with van der Waals surface area (Å²) >= 11 is 6.43. The van der Waals surface area contributed by atoms with Crippen LogP contribution in [0.25, 0.3) is 11.1 Å². The molecule has 0 radical (unpaired) electrons. The van der Waals surface area contributed by atoms with Crippen LogP contribution in [0, 0.1) is 23.6 Å². The second kappa shape index (κ2) is 13.1. The van der Waals surface area contributed by atoms with Crippen LogP contribution in [0.4, 0.5) is 4.39 Å². The van der Waals surface area contributed by atoms with Crippen molar-refractivity contribution in [3.63, 3.8) is 0 Å². The van der Waals surface area contributed by atoms with Gasteiger partial charge in [0.1, 0.15) is 17.6 Å². The standard InChI is InChI=1S/C31H34ClFN4O6/c1-34-31(42)28(39)24(14-19-11-12-35-29(19)40)36-30(41)27-22-4-2-3-20(22)15-37(27)26(38)16-43-25-10-7-18(13-23(25)32)17-5-8-21(33)9-6-17/h5-10,13,19-20,22,24,27H,2-4,11-12,14-16H2,1H3,(H,34,42)(H,35,40)(H,36,41)/t19-,20-,22-,24-,27-/m0/s1. The zero-order chi connectivity index (χ0) is 30.7. The minimum absolute atomic E-state index is 0.00584. The minimum Gasteiger partial charge on any atom is -0.482 e. The molecule has 228 valence electrons. The molecule has 3 N–H and O–H groups in total. The molecule has 1 aliphatic carbocycles. The second-order valence-corrected chi connectivity index (χ2v) is 11.7. The number of hydrogen-bond acceptors (Lipinski definition) is 6. The Labute approximate surface area is 253 Å². The Morgan fingerprint density at radius 3 is 2.51 bits per heavy atom. The Bertz CT molecular complexity index is 1420. The number of ketones is 1. The summed E-state index contributed by atoms with van der Waals surface area (Å²) in [6.45, 7) is 0.481. The summed E-state index contributed by atoms with van der Waals surface area (Å²) in [6.07, 6.45) is 3.04. The minimum atomic E-state index is -1.20. The van der Waals surface area contributed by atoms with E-state index in [-0.39, 0.29) is 47.4 Å². The topological polar surface area (TPSA) is 134 Å². The molecule has 0 bridgehead atoms. The maximum atomic E-state index is 13.7. The molecule has 5 atom stereocenters. The number of rotatable bonds is 10. The van der Waals surface area contributed by atoms with Crippen molar-refractivity contribution in [3.8, 4) is 16.9 Å². The lowest BCUT2D eigenvalue weighted by Gasteiger charge is -2.29. The van der Waals surface area contributed by atoms with E-state index in [2.05, 4.69) is 16.0 Å². The van der Waals surface area contributed by atoms with E-state index >= 15 is 0 Å². The predicted molar refractivity (Wildman–Crippen MR) is 155 cm³/mol. The summed E-state index contributed by atoms with van der Waals surface area (Å²) in [7, 11) is 1.32. The van der Waals surface area contributed by atoms with Gasteiger partial charge in [0.2, 0.25) is 17.6 Å². The molecule has 4 amide bonds. The number of halogens is 2. The summed E-state index contributed by atoms with van der Waals surface area (Å²) in [6, 6.07) is 8.99. The quantitative estimate of drug-likeness (QED) is 0.353. The summed E-state index contributed by atoms with van der Waals surface area (Å²) in [5, 5.41) is 7.99. The molecule has 2 aromatic rings. The van der Waals surface area contributed by atoms with Crippen LogP contribution in [0.1, 0.15) is 32.1 Å². The highest BCUT2D eigenvalue weighted by Crippen LogP contribution is 2.42. The number of nitrogens with one attached hydrogen (secondary N) is 3. The van der Waals surface area contributed by atoms with Gasteiger partial charge in [-0.15, -0.1) is 0 Å². The lowest BCUT2D eigenvalue weighted by Crippen LogP contribution is -2.55. The first-order valence-electron chi connectivity index (χ1n) is 14.5. The number of amides is 4. The monoisotopic (exact) mass is 612 g/mol. The van der Waals surface area contributed by atoms with Gasteiger partial charge in [0.15, 0.2) is 6.61 Å². The van der Waals surface area contributed by atoms with Gasteiger partial charge in [0.05, 0.1) is 11.1 Å². The summed E-state index contributed by atoms with van der Waals surface area (Å²) in [4.78, 5) is 66.0. The highest BCUT2D eigenvalue weighted by molar-refractivity contribution is 6.38. The average molecular weight is 613 g/mol. The van der Waals surface area contributed by atoms with Gasteiger partial charge in [-0.2, -0.15) is 0 Å². The van der Waals surface area contributed by atoms with Gasteiger partial charge in [-0.25, -0.2) is 4.39 Å². The number of carbonyl (C=O) groups excluding carboxylic acids is 5. The predicted octanol–water partition coefficient (Wildman–Crippen LogP) is 2.48. The van der Waals surface area contributed by atoms with Gasteiger partial charge < -0.3 is 25.6 Å². The summed E-state index contributed by atoms with van der Waals surface area (Å²) < 4.78 is 19.1. The third kappa shape index (κ3) is 6.66. The first-order chi connectivity index (χ1) is 20.7. The first kappa shape index (κ1) is 30.5. The largest absolute Gasteiger partial charge is 0.482 e. The van der Waals surface area contributed by atoms with Crippen LogP contribution in [0.15, 0.2) is 42.5 Å². The van der Waals surface area contributed by atoms with Crippen molar-refractivity contribution in [2.45, 2.75) is 44.2 Å². The Balaban J connectivity index is 1.28. The maximum absolute atomic E-state index is 13.7. The zero-order valence-electron chi connectivity index (χ0n) is 23.7. The molecule has 1 saturated carbocycles. The van der Waals surface area contributed by atoms with E-state index in [1.807, 2.05) is 0 Å². The number of carbonyl (C=O) groups is 5. The van der Waals surface area contributed by atoms with E-state index in [0.29, 0.717) is 19.5 Å². The number of hydrogen-bond donors (Lipinski definition) is 3. The van der Waals surface area contributed by atoms with E-state index < -0.39 is 41.5 Å². The molecule has 3 aliphatic rings. The number of benzene rings is 2. The van der Waals surface area contributed by atoms with Crippen molar-refractivity contribution < 1.29 is 33.1 Å². The first-order valence-corrected chi connectivity index (χ1v) is 14.9. The highest BCUT2D eigenvalue weighted by atomic mass is 35.5. The Morgan fingerprint density at radius 2 is 1.84 bits per heavy atom. The number of ether oxygens (including phenoxy) is 1. The van der Waals surface area contributed by atoms with Crippen LogP contribution in [0.3, 0.4) is 0 Å². The number of likely N-dealkylation sites (tertiary alicyclic amines) is 1. The van der Waals surface area contributed by atoms with Crippen LogP contribution in [0.2, 0.25) is 5.02 Å². The van der Waals surface area contributed by atoms with Crippen LogP contribution in [-0.4, -0.2) is 73.1 Å². The molecule has 2 saturated heterocycles. The van der Waals surface area contributed by atoms with Gasteiger partial charge >= 0.3 is 0 Å². The highest BCUT2D eigenvalue weighted by Gasteiger charge is 2.50. The molecule has 12 heteroatoms. The van der Waals surface area contributed by atoms with Gasteiger partial charge in [0.25, 0.3) is 11.8 Å². The Kier molecular flexibility index (Phi) is 9.29. The molecule has 2 heterocycles. The van der Waals surface area contributed by atoms with Gasteiger partial charge in [-0.1, -0.05) is 36.2 Å². The number of fused-ring (bicyclic) bond motifs is 1. The van der Waals surface area contributed by atoms with E-state index in [1.54, 1.807) is 30.3 Å². The Morgan fingerprint density at radius 1 is 1.09 bits per heavy atom. The van der Waals surface area contributed by atoms with E-state index in [9.17, 15) is 28.4 Å². The van der Waals surface area contributed by atoms with Gasteiger partial charge in [-0.3, -0.25) is 24.0 Å². The lowest BCUT2D eigenvalue weighted by molar-refractivity contribution is -0.143. The zero-order valence-corrected chi connectivity index (χ0v) is 24.5. The normalized spacial score (nSPS) is 23.3. The molecule has 2 aromatic carbocycles. The summed E-state index contributed by atoms with van der Waals surface area (Å²) in [5.41, 5.74) is 1.52. The molecule has 0 aromatic heterocycles. The van der Waals surface area contributed by atoms with Crippen molar-refractivity contribution in [1.29, 1.82) is 0 Å². The number of nitrogens with zero attached hydrogens (tertiary/aromatic N) is 1. The van der Waals surface area contributed by atoms with Crippen LogP contribution in [0.5, 0.6) is 5.75 Å². The smallest absolute Gasteiger partial charge is 0.289 e. The van der Waals surface area contributed by atoms with E-state index in [0.717, 1.165) is 30.4 Å². The van der Waals surface area contributed by atoms with Crippen molar-refractivity contribution >= 4 is 41.0 Å². The summed E-state index contributed by atoms with van der Waals surface area (Å²) in [5.74, 6) is -3.38. The van der Waals surface area contributed by atoms with Crippen LogP contribution >= 0.6 is 11.6 Å². The Hall–Kier alpha value is -3.99. The van der Waals surface area contributed by atoms with Crippen molar-refractivity contribution in [1.82, 2.24) is 20.9 Å². The SMILES string of the molecule is CNC(=O)C(=O)[C@H](C[C@@H]1CCNC1=O)NC(=O)[C@@H]1[C@H]2CCC[C@H]2CN1C(=O)COc1ccc(-c2ccc(F)cc2)cc1Cl. The molecular formula is C31H34ClFN4O6. The molecule has 0 unspecified atom stereocenters. The molecule has 0 spiro atoms. The molecule has 3 fully saturated rings. The molecule has 10 nitrogen and oxygen atoms in total. The van der Waals surface area contributed by atoms with Crippen LogP contribution in [-0.2, 0) is 24.0 Å². The fourth-order valence-corrected chi connectivity index (χ4v) is 6.72. The molecular weight excluding hydrogens is 579 g/mol. The van der Waals surface area contributed by atoms with Crippen molar-refractivity contribution in [3.05, 3.63) is 53.3 Å². The van der Waals surface area contributed by atoms with Gasteiger partial charge in [-0.05, 0) is 72.9 Å². The fourth-order valence-electron chi connectivity index (χ4n) is 6.48. The van der Waals surface area contributed by atoms with Crippen LogP contribution < -0.4 is 20.7 Å². The fraction of sp³-hybridized carbons (Fsp3) is 0.452. The van der Waals surface area contributed by atoms with E-state index in [4.69, 9.17) is 16.3 Å². The van der Waals surface area contributed by atoms with Gasteiger partial charge in [0, 0.05) is 26.1 Å². The van der Waals surface area contributed by atoms with Crippen molar-refractivity contribution in [2.75, 3.05) is 26.7 Å². The number of likely N-dealkylation sites (N-methyl/N-ethyl adjacent to an activating group) is 1. The maximum Gasteiger partial charge on any atom is 0.289 e. The number of Topliss-reactive ketones (excluding diaryl/α,β-unsaturated/α-hetero) is 1. The molecule has 5 rings (SSSR count). The second-order valence-electron chi connectivity index (χ2n) is 11.3. The molecule has 43 heavy (non-hydrogen) atoms. The lowest BCUT2D eigenvalue weighted by atomic mass is 9.91. The molecule has 2 aliphatic heterocycles. The third-order valence-electron chi connectivity index (χ3n) is 8.71. The van der Waals surface area contributed by atoms with Crippen molar-refractivity contribution in [2.24, 2.45) is 17.8 Å².